The van der Waals surface area contributed by atoms with Gasteiger partial charge in [-0.15, -0.1) is 0 Å². The molecule has 0 saturated carbocycles. The molecule has 1 heterocycles. The third kappa shape index (κ3) is 1.92. The van der Waals surface area contributed by atoms with Crippen LogP contribution in [0.15, 0.2) is 0 Å². The Labute approximate surface area is 67.8 Å². The van der Waals surface area contributed by atoms with E-state index in [4.69, 9.17) is 12.2 Å². The van der Waals surface area contributed by atoms with Gasteiger partial charge in [-0.1, -0.05) is 12.2 Å². The van der Waals surface area contributed by atoms with Gasteiger partial charge in [0.25, 0.3) is 0 Å². The summed E-state index contributed by atoms with van der Waals surface area (Å²) in [5.41, 5.74) is 1.76. The van der Waals surface area contributed by atoms with Crippen LogP contribution >= 0.6 is 12.2 Å². The fourth-order valence-corrected chi connectivity index (χ4v) is 1.50. The summed E-state index contributed by atoms with van der Waals surface area (Å²) >= 11 is 4.78. The molecule has 1 aliphatic rings. The molecule has 0 aliphatic carbocycles. The topological polar surface area (TPSA) is 6.48 Å². The lowest BCUT2D eigenvalue weighted by molar-refractivity contribution is 0.157. The monoisotopic (exact) mass is 158 g/mol. The number of hydrogen-bond donors (Lipinski definition) is 0. The molecule has 1 saturated heterocycles. The zero-order valence-corrected chi connectivity index (χ0v) is 7.40. The molecule has 0 atom stereocenters. The van der Waals surface area contributed by atoms with Crippen molar-refractivity contribution in [3.05, 3.63) is 0 Å². The molecule has 1 aliphatic heterocycles. The van der Waals surface area contributed by atoms with Gasteiger partial charge in [0, 0.05) is 25.6 Å². The van der Waals surface area contributed by atoms with Crippen molar-refractivity contribution < 1.29 is 0 Å². The first kappa shape index (κ1) is 7.95. The van der Waals surface area contributed by atoms with Crippen LogP contribution in [0.5, 0.6) is 0 Å². The normalized spacial score (nSPS) is 19.3. The molecule has 0 bridgehead atoms. The van der Waals surface area contributed by atoms with Crippen molar-refractivity contribution in [1.82, 2.24) is 9.80 Å². The third-order valence-corrected chi connectivity index (χ3v) is 2.06. The van der Waals surface area contributed by atoms with Crippen molar-refractivity contribution in [1.29, 1.82) is 0 Å². The molecule has 1 fully saturated rings. The predicted molar refractivity (Wildman–Crippen MR) is 47.3 cm³/mol. The second-order valence-corrected chi connectivity index (χ2v) is 3.40. The highest BCUT2D eigenvalue weighted by Gasteiger charge is 2.23. The van der Waals surface area contributed by atoms with Crippen LogP contribution in [0.25, 0.3) is 0 Å². The average Bonchev–Trinajstić information content (AvgIpc) is 1.76. The van der Waals surface area contributed by atoms with Gasteiger partial charge in [0.1, 0.15) is 0 Å². The zero-order valence-electron chi connectivity index (χ0n) is 6.58. The number of hydrogen-bond acceptors (Lipinski definition) is 2. The molecule has 0 aromatic heterocycles. The number of rotatable bonds is 3. The SMILES string of the molecule is CN(C)CC1CN(C=S)C1. The van der Waals surface area contributed by atoms with Crippen molar-refractivity contribution >= 4 is 17.7 Å². The molecular formula is C7H14N2S. The van der Waals surface area contributed by atoms with E-state index in [0.29, 0.717) is 0 Å². The quantitative estimate of drug-likeness (QED) is 0.550. The second kappa shape index (κ2) is 3.30. The summed E-state index contributed by atoms with van der Waals surface area (Å²) in [6, 6.07) is 0. The fraction of sp³-hybridized carbons (Fsp3) is 0.857. The minimum atomic E-state index is 0.842. The molecule has 58 valence electrons. The van der Waals surface area contributed by atoms with Crippen LogP contribution in [0.4, 0.5) is 0 Å². The van der Waals surface area contributed by atoms with Crippen LogP contribution in [0.3, 0.4) is 0 Å². The van der Waals surface area contributed by atoms with Gasteiger partial charge >= 0.3 is 0 Å². The third-order valence-electron chi connectivity index (χ3n) is 1.76. The van der Waals surface area contributed by atoms with Crippen LogP contribution < -0.4 is 0 Å². The molecule has 10 heavy (non-hydrogen) atoms. The summed E-state index contributed by atoms with van der Waals surface area (Å²) in [6.07, 6.45) is 0. The largest absolute Gasteiger partial charge is 0.368 e. The number of nitrogens with zero attached hydrogens (tertiary/aromatic N) is 2. The Kier molecular flexibility index (Phi) is 2.63. The summed E-state index contributed by atoms with van der Waals surface area (Å²) in [7, 11) is 4.22. The Morgan fingerprint density at radius 1 is 1.60 bits per heavy atom. The number of likely N-dealkylation sites (tertiary alicyclic amines) is 1. The molecule has 0 radical (unpaired) electrons. The first-order valence-electron chi connectivity index (χ1n) is 3.56. The molecule has 0 N–H and O–H groups in total. The van der Waals surface area contributed by atoms with Gasteiger partial charge < -0.3 is 9.80 Å². The lowest BCUT2D eigenvalue weighted by Gasteiger charge is -2.38. The van der Waals surface area contributed by atoms with Gasteiger partial charge in [-0.05, 0) is 14.1 Å². The van der Waals surface area contributed by atoms with Crippen molar-refractivity contribution in [2.24, 2.45) is 5.92 Å². The first-order valence-corrected chi connectivity index (χ1v) is 4.03. The zero-order chi connectivity index (χ0) is 7.56. The minimum Gasteiger partial charge on any atom is -0.368 e. The maximum Gasteiger partial charge on any atom is 0.0641 e. The van der Waals surface area contributed by atoms with Crippen LogP contribution in [0, 0.1) is 5.92 Å². The Morgan fingerprint density at radius 2 is 2.20 bits per heavy atom. The van der Waals surface area contributed by atoms with Crippen LogP contribution in [0.2, 0.25) is 0 Å². The van der Waals surface area contributed by atoms with Gasteiger partial charge in [0.2, 0.25) is 0 Å². The fourth-order valence-electron chi connectivity index (χ4n) is 1.33. The summed E-state index contributed by atoms with van der Waals surface area (Å²) in [4.78, 5) is 4.40. The van der Waals surface area contributed by atoms with Crippen molar-refractivity contribution in [2.45, 2.75) is 0 Å². The summed E-state index contributed by atoms with van der Waals surface area (Å²) < 4.78 is 0. The van der Waals surface area contributed by atoms with E-state index in [9.17, 15) is 0 Å². The predicted octanol–water partition coefficient (Wildman–Crippen LogP) is 0.437. The smallest absolute Gasteiger partial charge is 0.0641 e. The Bertz CT molecular complexity index is 119. The Morgan fingerprint density at radius 3 is 2.60 bits per heavy atom. The minimum absolute atomic E-state index is 0.842. The Balaban J connectivity index is 2.08. The highest BCUT2D eigenvalue weighted by atomic mass is 32.1. The molecular weight excluding hydrogens is 144 g/mol. The van der Waals surface area contributed by atoms with Gasteiger partial charge in [0.15, 0.2) is 0 Å². The molecule has 0 aromatic carbocycles. The summed E-state index contributed by atoms with van der Waals surface area (Å²) in [6.45, 7) is 3.50. The standard InChI is InChI=1S/C7H14N2S/c1-8(2)3-7-4-9(5-7)6-10/h6-7H,3-5H2,1-2H3. The second-order valence-electron chi connectivity index (χ2n) is 3.19. The summed E-state index contributed by atoms with van der Waals surface area (Å²) in [5.74, 6) is 0.842. The van der Waals surface area contributed by atoms with Crippen molar-refractivity contribution in [3.8, 4) is 0 Å². The van der Waals surface area contributed by atoms with E-state index >= 15 is 0 Å². The van der Waals surface area contributed by atoms with E-state index in [1.54, 1.807) is 5.49 Å². The van der Waals surface area contributed by atoms with E-state index < -0.39 is 0 Å². The molecule has 0 spiro atoms. The molecule has 1 rings (SSSR count). The number of thiocarbonyl (C=S) groups is 1. The molecule has 0 unspecified atom stereocenters. The van der Waals surface area contributed by atoms with Gasteiger partial charge in [-0.25, -0.2) is 0 Å². The van der Waals surface area contributed by atoms with E-state index in [-0.39, 0.29) is 0 Å². The van der Waals surface area contributed by atoms with E-state index in [1.165, 1.54) is 6.54 Å². The van der Waals surface area contributed by atoms with E-state index in [0.717, 1.165) is 19.0 Å². The highest BCUT2D eigenvalue weighted by Crippen LogP contribution is 2.13. The van der Waals surface area contributed by atoms with Gasteiger partial charge in [0.05, 0.1) is 5.49 Å². The van der Waals surface area contributed by atoms with Crippen LogP contribution in [0.1, 0.15) is 0 Å². The van der Waals surface area contributed by atoms with Crippen molar-refractivity contribution in [3.63, 3.8) is 0 Å². The molecule has 0 aromatic rings. The molecule has 2 nitrogen and oxygen atoms in total. The van der Waals surface area contributed by atoms with Gasteiger partial charge in [-0.3, -0.25) is 0 Å². The lowest BCUT2D eigenvalue weighted by Crippen LogP contribution is -2.49. The lowest BCUT2D eigenvalue weighted by atomic mass is 10.0. The Hall–Kier alpha value is -0.150. The van der Waals surface area contributed by atoms with E-state index in [1.807, 2.05) is 0 Å². The maximum absolute atomic E-state index is 4.78. The highest BCUT2D eigenvalue weighted by molar-refractivity contribution is 7.78. The molecule has 0 amide bonds. The summed E-state index contributed by atoms with van der Waals surface area (Å²) in [5, 5.41) is 0. The van der Waals surface area contributed by atoms with Crippen LogP contribution in [-0.4, -0.2) is 49.0 Å². The van der Waals surface area contributed by atoms with Crippen LogP contribution in [-0.2, 0) is 0 Å². The van der Waals surface area contributed by atoms with Crippen molar-refractivity contribution in [2.75, 3.05) is 33.7 Å². The average molecular weight is 158 g/mol. The van der Waals surface area contributed by atoms with Gasteiger partial charge in [-0.2, -0.15) is 0 Å². The first-order chi connectivity index (χ1) is 4.72. The van der Waals surface area contributed by atoms with E-state index in [2.05, 4.69) is 23.9 Å². The maximum atomic E-state index is 4.78. The molecule has 3 heteroatoms.